The third-order valence-corrected chi connectivity index (χ3v) is 7.70. The van der Waals surface area contributed by atoms with Gasteiger partial charge in [-0.15, -0.1) is 11.3 Å². The largest absolute Gasteiger partial charge is 0.465 e. The zero-order chi connectivity index (χ0) is 24.2. The Morgan fingerprint density at radius 1 is 1.18 bits per heavy atom. The molecule has 0 spiro atoms. The van der Waals surface area contributed by atoms with Crippen LogP contribution in [-0.4, -0.2) is 64.0 Å². The molecule has 1 aliphatic heterocycles. The Morgan fingerprint density at radius 2 is 1.88 bits per heavy atom. The lowest BCUT2D eigenvalue weighted by Crippen LogP contribution is -2.49. The molecule has 0 amide bonds. The third-order valence-electron chi connectivity index (χ3n) is 6.31. The molecule has 4 rings (SSSR count). The van der Waals surface area contributed by atoms with Crippen LogP contribution in [-0.2, 0) is 17.8 Å². The van der Waals surface area contributed by atoms with Crippen LogP contribution < -0.4 is 5.32 Å². The number of piperazine rings is 1. The fourth-order valence-corrected chi connectivity index (χ4v) is 5.78. The quantitative estimate of drug-likeness (QED) is 0.396. The van der Waals surface area contributed by atoms with Crippen molar-refractivity contribution in [3.8, 4) is 11.1 Å². The minimum atomic E-state index is -0.360. The number of nitrogens with zero attached hydrogens (tertiary/aromatic N) is 4. The van der Waals surface area contributed by atoms with Gasteiger partial charge in [-0.25, -0.2) is 4.79 Å². The first-order valence-corrected chi connectivity index (χ1v) is 12.7. The van der Waals surface area contributed by atoms with E-state index in [1.807, 2.05) is 48.1 Å². The molecular weight excluding hydrogens is 466 g/mol. The number of esters is 1. The summed E-state index contributed by atoms with van der Waals surface area (Å²) < 4.78 is 7.16. The Balaban J connectivity index is 1.44. The number of methoxy groups -OCH3 is 1. The molecule has 1 saturated heterocycles. The van der Waals surface area contributed by atoms with Gasteiger partial charge in [-0.05, 0) is 38.6 Å². The number of hydrogen-bond donors (Lipinski definition) is 1. The van der Waals surface area contributed by atoms with Gasteiger partial charge in [0.05, 0.1) is 13.3 Å². The Bertz CT molecular complexity index is 1160. The van der Waals surface area contributed by atoms with Crippen molar-refractivity contribution in [1.29, 1.82) is 0 Å². The number of thiophene rings is 1. The molecule has 7 nitrogen and oxygen atoms in total. The van der Waals surface area contributed by atoms with Crippen molar-refractivity contribution < 1.29 is 9.53 Å². The van der Waals surface area contributed by atoms with Crippen LogP contribution in [0, 0.1) is 13.8 Å². The fraction of sp³-hybridized carbons (Fsp3) is 0.400. The zero-order valence-electron chi connectivity index (χ0n) is 20.1. The van der Waals surface area contributed by atoms with Crippen LogP contribution in [0.1, 0.15) is 33.4 Å². The highest BCUT2D eigenvalue weighted by atomic mass is 32.1. The summed E-state index contributed by atoms with van der Waals surface area (Å²) in [7, 11) is 1.41. The van der Waals surface area contributed by atoms with Gasteiger partial charge in [0.2, 0.25) is 0 Å². The first-order valence-electron chi connectivity index (χ1n) is 11.5. The number of carbonyl (C=O) groups excluding carboxylic acids is 1. The lowest BCUT2D eigenvalue weighted by Gasteiger charge is -2.36. The number of aromatic nitrogens is 2. The summed E-state index contributed by atoms with van der Waals surface area (Å²) in [5.74, 6) is -0.360. The molecule has 34 heavy (non-hydrogen) atoms. The summed E-state index contributed by atoms with van der Waals surface area (Å²) >= 11 is 7.29. The second-order valence-electron chi connectivity index (χ2n) is 8.36. The van der Waals surface area contributed by atoms with Gasteiger partial charge in [0, 0.05) is 61.0 Å². The Labute approximate surface area is 210 Å². The Kier molecular flexibility index (Phi) is 7.65. The molecule has 0 unspecified atom stereocenters. The average molecular weight is 498 g/mol. The van der Waals surface area contributed by atoms with E-state index in [4.69, 9.17) is 17.0 Å². The van der Waals surface area contributed by atoms with E-state index in [0.29, 0.717) is 10.7 Å². The van der Waals surface area contributed by atoms with Crippen LogP contribution in [0.5, 0.6) is 0 Å². The summed E-state index contributed by atoms with van der Waals surface area (Å²) in [5.41, 5.74) is 4.95. The second kappa shape index (κ2) is 10.7. The van der Waals surface area contributed by atoms with E-state index in [9.17, 15) is 4.79 Å². The normalized spacial score (nSPS) is 14.3. The molecule has 0 aliphatic carbocycles. The number of aryl methyl sites for hydroxylation is 2. The number of hydrogen-bond acceptors (Lipinski definition) is 6. The molecule has 0 radical (unpaired) electrons. The maximum absolute atomic E-state index is 12.7. The molecule has 9 heteroatoms. The number of nitrogens with one attached hydrogen (secondary N) is 1. The zero-order valence-corrected chi connectivity index (χ0v) is 21.8. The number of benzene rings is 1. The van der Waals surface area contributed by atoms with Gasteiger partial charge in [0.1, 0.15) is 10.6 Å². The summed E-state index contributed by atoms with van der Waals surface area (Å²) in [6.07, 6.45) is 1.98. The van der Waals surface area contributed by atoms with Crippen molar-refractivity contribution in [1.82, 2.24) is 19.6 Å². The molecule has 0 atom stereocenters. The maximum atomic E-state index is 12.7. The van der Waals surface area contributed by atoms with Crippen molar-refractivity contribution >= 4 is 39.6 Å². The highest BCUT2D eigenvalue weighted by Crippen LogP contribution is 2.40. The van der Waals surface area contributed by atoms with E-state index >= 15 is 0 Å². The van der Waals surface area contributed by atoms with Gasteiger partial charge in [-0.3, -0.25) is 9.58 Å². The first-order chi connectivity index (χ1) is 16.4. The minimum Gasteiger partial charge on any atom is -0.465 e. The first kappa shape index (κ1) is 24.4. The minimum absolute atomic E-state index is 0.360. The second-order valence-corrected chi connectivity index (χ2v) is 9.97. The van der Waals surface area contributed by atoms with Crippen molar-refractivity contribution in [2.75, 3.05) is 38.6 Å². The molecule has 1 fully saturated rings. The van der Waals surface area contributed by atoms with Crippen molar-refractivity contribution in [3.63, 3.8) is 0 Å². The highest BCUT2D eigenvalue weighted by molar-refractivity contribution is 7.80. The average Bonchev–Trinajstić information content (AvgIpc) is 3.37. The third kappa shape index (κ3) is 5.01. The van der Waals surface area contributed by atoms with Gasteiger partial charge < -0.3 is 15.0 Å². The molecule has 0 bridgehead atoms. The molecule has 0 saturated carbocycles. The van der Waals surface area contributed by atoms with E-state index < -0.39 is 0 Å². The molecule has 3 heterocycles. The number of carbonyl (C=O) groups is 1. The van der Waals surface area contributed by atoms with Crippen molar-refractivity contribution in [3.05, 3.63) is 58.2 Å². The van der Waals surface area contributed by atoms with Crippen LogP contribution in [0.2, 0.25) is 0 Å². The van der Waals surface area contributed by atoms with Crippen LogP contribution in [0.25, 0.3) is 11.1 Å². The van der Waals surface area contributed by atoms with Crippen molar-refractivity contribution in [2.45, 2.75) is 33.9 Å². The standard InChI is InChI=1S/C25H31N5O2S2/c1-5-30-17(2)20(15-26-30)16-28-11-13-29(14-12-28)25(33)27-23-22(24(31)32-4)21(18(3)34-23)19-9-7-6-8-10-19/h6-10,15H,5,11-14,16H2,1-4H3,(H,27,33). The summed E-state index contributed by atoms with van der Waals surface area (Å²) in [6.45, 7) is 11.6. The van der Waals surface area contributed by atoms with Crippen LogP contribution in [0.4, 0.5) is 5.00 Å². The summed E-state index contributed by atoms with van der Waals surface area (Å²) in [5, 5.41) is 9.19. The Morgan fingerprint density at radius 3 is 2.50 bits per heavy atom. The smallest absolute Gasteiger partial charge is 0.341 e. The van der Waals surface area contributed by atoms with Gasteiger partial charge in [-0.2, -0.15) is 5.10 Å². The molecule has 180 valence electrons. The van der Waals surface area contributed by atoms with Crippen LogP contribution >= 0.6 is 23.6 Å². The molecule has 3 aromatic rings. The predicted octanol–water partition coefficient (Wildman–Crippen LogP) is 4.55. The molecular formula is C25H31N5O2S2. The number of thiocarbonyl (C=S) groups is 1. The molecule has 1 N–H and O–H groups in total. The van der Waals surface area contributed by atoms with Crippen LogP contribution in [0.15, 0.2) is 36.5 Å². The number of rotatable bonds is 6. The Hall–Kier alpha value is -2.75. The SMILES string of the molecule is CCn1ncc(CN2CCN(C(=S)Nc3sc(C)c(-c4ccccc4)c3C(=O)OC)CC2)c1C. The summed E-state index contributed by atoms with van der Waals surface area (Å²) in [6, 6.07) is 9.93. The van der Waals surface area contributed by atoms with Crippen molar-refractivity contribution in [2.24, 2.45) is 0 Å². The monoisotopic (exact) mass is 497 g/mol. The highest BCUT2D eigenvalue weighted by Gasteiger charge is 2.26. The lowest BCUT2D eigenvalue weighted by molar-refractivity contribution is 0.0603. The fourth-order valence-electron chi connectivity index (χ4n) is 4.37. The molecule has 2 aromatic heterocycles. The summed E-state index contributed by atoms with van der Waals surface area (Å²) in [4.78, 5) is 18.4. The lowest BCUT2D eigenvalue weighted by atomic mass is 10.0. The maximum Gasteiger partial charge on any atom is 0.341 e. The van der Waals surface area contributed by atoms with E-state index in [-0.39, 0.29) is 5.97 Å². The van der Waals surface area contributed by atoms with E-state index in [1.54, 1.807) is 0 Å². The predicted molar refractivity (Wildman–Crippen MR) is 142 cm³/mol. The van der Waals surface area contributed by atoms with Gasteiger partial charge in [0.25, 0.3) is 0 Å². The number of ether oxygens (including phenoxy) is 1. The van der Waals surface area contributed by atoms with Gasteiger partial charge >= 0.3 is 5.97 Å². The van der Waals surface area contributed by atoms with E-state index in [1.165, 1.54) is 29.7 Å². The molecule has 1 aliphatic rings. The van der Waals surface area contributed by atoms with E-state index in [0.717, 1.165) is 60.3 Å². The van der Waals surface area contributed by atoms with Crippen LogP contribution in [0.3, 0.4) is 0 Å². The van der Waals surface area contributed by atoms with Gasteiger partial charge in [-0.1, -0.05) is 30.3 Å². The van der Waals surface area contributed by atoms with E-state index in [2.05, 4.69) is 34.1 Å². The van der Waals surface area contributed by atoms with Gasteiger partial charge in [0.15, 0.2) is 5.11 Å². The molecule has 1 aromatic carbocycles. The number of anilines is 1. The topological polar surface area (TPSA) is 62.6 Å².